The van der Waals surface area contributed by atoms with Gasteiger partial charge in [-0.05, 0) is 43.2 Å². The van der Waals surface area contributed by atoms with Gasteiger partial charge in [0.05, 0.1) is 6.54 Å². The van der Waals surface area contributed by atoms with Gasteiger partial charge in [0.1, 0.15) is 6.10 Å². The molecule has 0 aliphatic carbocycles. The molecule has 0 saturated carbocycles. The molecule has 1 unspecified atom stereocenters. The molecule has 130 valence electrons. The number of ether oxygens (including phenoxy) is 1. The largest absolute Gasteiger partial charge is 0.458 e. The number of carbonyl (C=O) groups is 2. The molecule has 25 heavy (non-hydrogen) atoms. The van der Waals surface area contributed by atoms with Crippen LogP contribution in [0, 0.1) is 0 Å². The Bertz CT molecular complexity index is 734. The number of piperidine rings is 1. The quantitative estimate of drug-likeness (QED) is 0.921. The fraction of sp³-hybridized carbons (Fsp3) is 0.333. The SMILES string of the molecule is CC(=O)Nc1ccc(C(=O)N2CCCC(Oc3ncccn3)C2)cc1. The minimum absolute atomic E-state index is 0.0448. The highest BCUT2D eigenvalue weighted by atomic mass is 16.5. The van der Waals surface area contributed by atoms with Crippen molar-refractivity contribution in [3.05, 3.63) is 48.3 Å². The van der Waals surface area contributed by atoms with Gasteiger partial charge in [-0.3, -0.25) is 9.59 Å². The van der Waals surface area contributed by atoms with E-state index in [1.54, 1.807) is 47.6 Å². The maximum atomic E-state index is 12.7. The molecule has 1 aromatic carbocycles. The maximum Gasteiger partial charge on any atom is 0.316 e. The molecule has 1 aromatic heterocycles. The van der Waals surface area contributed by atoms with Crippen LogP contribution in [0.1, 0.15) is 30.1 Å². The summed E-state index contributed by atoms with van der Waals surface area (Å²) in [4.78, 5) is 33.6. The molecule has 1 aliphatic rings. The Labute approximate surface area is 146 Å². The van der Waals surface area contributed by atoms with Crippen molar-refractivity contribution in [2.24, 2.45) is 0 Å². The number of benzene rings is 1. The minimum atomic E-state index is -0.141. The molecular weight excluding hydrogens is 320 g/mol. The van der Waals surface area contributed by atoms with Gasteiger partial charge in [-0.15, -0.1) is 0 Å². The van der Waals surface area contributed by atoms with E-state index in [0.29, 0.717) is 30.4 Å². The van der Waals surface area contributed by atoms with Gasteiger partial charge in [0.2, 0.25) is 5.91 Å². The lowest BCUT2D eigenvalue weighted by Gasteiger charge is -2.32. The van der Waals surface area contributed by atoms with Gasteiger partial charge in [-0.2, -0.15) is 0 Å². The average Bonchev–Trinajstić information content (AvgIpc) is 2.62. The second kappa shape index (κ2) is 7.74. The van der Waals surface area contributed by atoms with E-state index in [4.69, 9.17) is 4.74 Å². The number of likely N-dealkylation sites (tertiary alicyclic amines) is 1. The Balaban J connectivity index is 1.62. The van der Waals surface area contributed by atoms with E-state index in [-0.39, 0.29) is 17.9 Å². The number of aromatic nitrogens is 2. The van der Waals surface area contributed by atoms with Crippen LogP contribution in [0.2, 0.25) is 0 Å². The molecule has 0 bridgehead atoms. The zero-order valence-electron chi connectivity index (χ0n) is 14.0. The lowest BCUT2D eigenvalue weighted by atomic mass is 10.1. The standard InChI is InChI=1S/C18H20N4O3/c1-13(23)21-15-7-5-14(6-8-15)17(24)22-11-2-4-16(12-22)25-18-19-9-3-10-20-18/h3,5-10,16H,2,4,11-12H2,1H3,(H,21,23). The molecular formula is C18H20N4O3. The lowest BCUT2D eigenvalue weighted by Crippen LogP contribution is -2.44. The van der Waals surface area contributed by atoms with Crippen molar-refractivity contribution in [2.45, 2.75) is 25.9 Å². The predicted octanol–water partition coefficient (Wildman–Crippen LogP) is 2.12. The summed E-state index contributed by atoms with van der Waals surface area (Å²) < 4.78 is 5.77. The van der Waals surface area contributed by atoms with Crippen LogP contribution < -0.4 is 10.1 Å². The van der Waals surface area contributed by atoms with Gasteiger partial charge < -0.3 is 15.0 Å². The third kappa shape index (κ3) is 4.53. The van der Waals surface area contributed by atoms with Gasteiger partial charge in [-0.1, -0.05) is 0 Å². The topological polar surface area (TPSA) is 84.4 Å². The van der Waals surface area contributed by atoms with Crippen LogP contribution in [0.3, 0.4) is 0 Å². The van der Waals surface area contributed by atoms with Crippen LogP contribution in [0.25, 0.3) is 0 Å². The number of hydrogen-bond donors (Lipinski definition) is 1. The van der Waals surface area contributed by atoms with Crippen molar-refractivity contribution < 1.29 is 14.3 Å². The number of amides is 2. The van der Waals surface area contributed by atoms with E-state index in [1.165, 1.54) is 6.92 Å². The number of rotatable bonds is 4. The second-order valence-corrected chi connectivity index (χ2v) is 5.92. The van der Waals surface area contributed by atoms with Crippen molar-refractivity contribution in [2.75, 3.05) is 18.4 Å². The van der Waals surface area contributed by atoms with Crippen LogP contribution in [0.5, 0.6) is 6.01 Å². The molecule has 2 aromatic rings. The molecule has 7 heteroatoms. The van der Waals surface area contributed by atoms with E-state index in [0.717, 1.165) is 12.8 Å². The van der Waals surface area contributed by atoms with E-state index >= 15 is 0 Å². The molecule has 3 rings (SSSR count). The molecule has 1 N–H and O–H groups in total. The van der Waals surface area contributed by atoms with E-state index < -0.39 is 0 Å². The number of nitrogens with one attached hydrogen (secondary N) is 1. The maximum absolute atomic E-state index is 12.7. The van der Waals surface area contributed by atoms with Gasteiger partial charge in [-0.25, -0.2) is 9.97 Å². The Morgan fingerprint density at radius 2 is 1.92 bits per heavy atom. The molecule has 0 spiro atoms. The average molecular weight is 340 g/mol. The van der Waals surface area contributed by atoms with E-state index in [9.17, 15) is 9.59 Å². The first-order valence-corrected chi connectivity index (χ1v) is 8.22. The normalized spacial score (nSPS) is 17.0. The number of anilines is 1. The number of hydrogen-bond acceptors (Lipinski definition) is 5. The third-order valence-corrected chi connectivity index (χ3v) is 3.93. The third-order valence-electron chi connectivity index (χ3n) is 3.93. The number of carbonyl (C=O) groups excluding carboxylic acids is 2. The Kier molecular flexibility index (Phi) is 5.23. The van der Waals surface area contributed by atoms with Crippen molar-refractivity contribution in [3.63, 3.8) is 0 Å². The lowest BCUT2D eigenvalue weighted by molar-refractivity contribution is -0.114. The Morgan fingerprint density at radius 3 is 2.60 bits per heavy atom. The zero-order valence-corrected chi connectivity index (χ0v) is 14.0. The Morgan fingerprint density at radius 1 is 1.20 bits per heavy atom. The van der Waals surface area contributed by atoms with E-state index in [2.05, 4.69) is 15.3 Å². The van der Waals surface area contributed by atoms with Gasteiger partial charge in [0.25, 0.3) is 5.91 Å². The van der Waals surface area contributed by atoms with Gasteiger partial charge in [0, 0.05) is 37.1 Å². The molecule has 1 aliphatic heterocycles. The minimum Gasteiger partial charge on any atom is -0.458 e. The monoisotopic (exact) mass is 340 g/mol. The second-order valence-electron chi connectivity index (χ2n) is 5.92. The summed E-state index contributed by atoms with van der Waals surface area (Å²) in [5.74, 6) is -0.185. The van der Waals surface area contributed by atoms with Crippen LogP contribution in [0.15, 0.2) is 42.7 Å². The van der Waals surface area contributed by atoms with Crippen molar-refractivity contribution in [3.8, 4) is 6.01 Å². The van der Waals surface area contributed by atoms with Crippen LogP contribution >= 0.6 is 0 Å². The van der Waals surface area contributed by atoms with Crippen LogP contribution in [-0.2, 0) is 4.79 Å². The summed E-state index contributed by atoms with van der Waals surface area (Å²) in [5, 5.41) is 2.69. The first kappa shape index (κ1) is 16.9. The number of nitrogens with zero attached hydrogens (tertiary/aromatic N) is 3. The van der Waals surface area contributed by atoms with Gasteiger partial charge in [0.15, 0.2) is 0 Å². The molecule has 2 amide bonds. The van der Waals surface area contributed by atoms with Crippen molar-refractivity contribution in [1.29, 1.82) is 0 Å². The summed E-state index contributed by atoms with van der Waals surface area (Å²) in [5.41, 5.74) is 1.26. The highest BCUT2D eigenvalue weighted by Gasteiger charge is 2.26. The Hall–Kier alpha value is -2.96. The van der Waals surface area contributed by atoms with Crippen molar-refractivity contribution >= 4 is 17.5 Å². The summed E-state index contributed by atoms with van der Waals surface area (Å²) in [6.07, 6.45) is 4.88. The van der Waals surface area contributed by atoms with Crippen LogP contribution in [-0.4, -0.2) is 45.9 Å². The fourth-order valence-corrected chi connectivity index (χ4v) is 2.80. The van der Waals surface area contributed by atoms with Crippen molar-refractivity contribution in [1.82, 2.24) is 14.9 Å². The predicted molar refractivity (Wildman–Crippen MR) is 92.3 cm³/mol. The molecule has 1 saturated heterocycles. The van der Waals surface area contributed by atoms with Crippen LogP contribution in [0.4, 0.5) is 5.69 Å². The zero-order chi connectivity index (χ0) is 17.6. The summed E-state index contributed by atoms with van der Waals surface area (Å²) >= 11 is 0. The highest BCUT2D eigenvalue weighted by Crippen LogP contribution is 2.18. The summed E-state index contributed by atoms with van der Waals surface area (Å²) in [7, 11) is 0. The summed E-state index contributed by atoms with van der Waals surface area (Å²) in [6.45, 7) is 2.65. The fourth-order valence-electron chi connectivity index (χ4n) is 2.80. The van der Waals surface area contributed by atoms with Gasteiger partial charge >= 0.3 is 6.01 Å². The molecule has 7 nitrogen and oxygen atoms in total. The smallest absolute Gasteiger partial charge is 0.316 e. The molecule has 1 atom stereocenters. The first-order chi connectivity index (χ1) is 12.1. The van der Waals surface area contributed by atoms with E-state index in [1.807, 2.05) is 0 Å². The molecule has 0 radical (unpaired) electrons. The molecule has 2 heterocycles. The first-order valence-electron chi connectivity index (χ1n) is 8.22. The highest BCUT2D eigenvalue weighted by molar-refractivity contribution is 5.95. The molecule has 1 fully saturated rings. The summed E-state index contributed by atoms with van der Waals surface area (Å²) in [6, 6.07) is 8.96.